The highest BCUT2D eigenvalue weighted by molar-refractivity contribution is 7.89. The second-order valence-electron chi connectivity index (χ2n) is 6.66. The minimum Gasteiger partial charge on any atom is -0.462 e. The summed E-state index contributed by atoms with van der Waals surface area (Å²) >= 11 is 1.30. The van der Waals surface area contributed by atoms with Gasteiger partial charge in [-0.1, -0.05) is 0 Å². The van der Waals surface area contributed by atoms with E-state index >= 15 is 0 Å². The standard InChI is InChI=1S/C19H22N2O5S2/c1-4-26-19(23)16-15(12-5-6-12)11-27-18(16)20-17(22)13-7-9-14(10-8-13)28(24,25)21(2)3/h7-12H,4-6H2,1-3H3,(H,20,22). The molecule has 1 aromatic heterocycles. The van der Waals surface area contributed by atoms with Crippen LogP contribution < -0.4 is 5.32 Å². The van der Waals surface area contributed by atoms with Crippen molar-refractivity contribution in [1.29, 1.82) is 0 Å². The molecule has 3 rings (SSSR count). The predicted molar refractivity (Wildman–Crippen MR) is 108 cm³/mol. The quantitative estimate of drug-likeness (QED) is 0.691. The summed E-state index contributed by atoms with van der Waals surface area (Å²) in [6, 6.07) is 5.68. The molecule has 0 spiro atoms. The van der Waals surface area contributed by atoms with E-state index in [2.05, 4.69) is 5.32 Å². The summed E-state index contributed by atoms with van der Waals surface area (Å²) in [7, 11) is -0.668. The van der Waals surface area contributed by atoms with Crippen LogP contribution in [0.3, 0.4) is 0 Å². The van der Waals surface area contributed by atoms with E-state index in [1.165, 1.54) is 49.7 Å². The number of amides is 1. The van der Waals surface area contributed by atoms with Crippen LogP contribution in [0.25, 0.3) is 0 Å². The lowest BCUT2D eigenvalue weighted by Crippen LogP contribution is -2.22. The van der Waals surface area contributed by atoms with Gasteiger partial charge in [0.2, 0.25) is 10.0 Å². The van der Waals surface area contributed by atoms with Crippen LogP contribution in [0.2, 0.25) is 0 Å². The molecule has 1 heterocycles. The van der Waals surface area contributed by atoms with Gasteiger partial charge in [-0.3, -0.25) is 4.79 Å². The molecule has 1 aliphatic carbocycles. The second-order valence-corrected chi connectivity index (χ2v) is 9.69. The average Bonchev–Trinajstić information content (AvgIpc) is 3.42. The van der Waals surface area contributed by atoms with Gasteiger partial charge in [0, 0.05) is 19.7 Å². The van der Waals surface area contributed by atoms with Crippen molar-refractivity contribution in [3.63, 3.8) is 0 Å². The van der Waals surface area contributed by atoms with Crippen LogP contribution in [0.5, 0.6) is 0 Å². The number of nitrogens with zero attached hydrogens (tertiary/aromatic N) is 1. The Morgan fingerprint density at radius 3 is 2.39 bits per heavy atom. The van der Waals surface area contributed by atoms with Gasteiger partial charge in [-0.25, -0.2) is 17.5 Å². The Labute approximate surface area is 168 Å². The Hall–Kier alpha value is -2.23. The van der Waals surface area contributed by atoms with Crippen LogP contribution in [-0.4, -0.2) is 45.3 Å². The molecule has 1 amide bonds. The molecule has 0 saturated heterocycles. The Morgan fingerprint density at radius 1 is 1.21 bits per heavy atom. The van der Waals surface area contributed by atoms with Gasteiger partial charge in [0.15, 0.2) is 0 Å². The third kappa shape index (κ3) is 4.11. The molecule has 1 saturated carbocycles. The number of esters is 1. The molecular formula is C19H22N2O5S2. The third-order valence-electron chi connectivity index (χ3n) is 4.44. The molecule has 1 N–H and O–H groups in total. The zero-order valence-corrected chi connectivity index (χ0v) is 17.5. The summed E-state index contributed by atoms with van der Waals surface area (Å²) in [6.07, 6.45) is 2.05. The molecule has 0 unspecified atom stereocenters. The first-order chi connectivity index (χ1) is 13.3. The van der Waals surface area contributed by atoms with Crippen molar-refractivity contribution in [2.45, 2.75) is 30.6 Å². The van der Waals surface area contributed by atoms with E-state index in [0.717, 1.165) is 22.7 Å². The van der Waals surface area contributed by atoms with Gasteiger partial charge >= 0.3 is 5.97 Å². The first-order valence-corrected chi connectivity index (χ1v) is 11.2. The molecule has 0 aliphatic heterocycles. The van der Waals surface area contributed by atoms with Gasteiger partial charge in [-0.15, -0.1) is 11.3 Å². The van der Waals surface area contributed by atoms with E-state index in [9.17, 15) is 18.0 Å². The predicted octanol–water partition coefficient (Wildman–Crippen LogP) is 3.30. The second kappa shape index (κ2) is 8.02. The number of hydrogen-bond acceptors (Lipinski definition) is 6. The highest BCUT2D eigenvalue weighted by atomic mass is 32.2. The van der Waals surface area contributed by atoms with Crippen molar-refractivity contribution < 1.29 is 22.7 Å². The van der Waals surface area contributed by atoms with E-state index in [1.807, 2.05) is 5.38 Å². The number of ether oxygens (including phenoxy) is 1. The molecule has 0 bridgehead atoms. The maximum Gasteiger partial charge on any atom is 0.341 e. The van der Waals surface area contributed by atoms with Crippen molar-refractivity contribution in [2.24, 2.45) is 0 Å². The summed E-state index contributed by atoms with van der Waals surface area (Å²) in [4.78, 5) is 25.1. The van der Waals surface area contributed by atoms with Crippen LogP contribution in [-0.2, 0) is 14.8 Å². The molecule has 1 fully saturated rings. The zero-order valence-electron chi connectivity index (χ0n) is 15.9. The van der Waals surface area contributed by atoms with E-state index < -0.39 is 21.9 Å². The summed E-state index contributed by atoms with van der Waals surface area (Å²) in [5, 5.41) is 5.12. The van der Waals surface area contributed by atoms with Gasteiger partial charge in [-0.2, -0.15) is 0 Å². The van der Waals surface area contributed by atoms with Crippen LogP contribution >= 0.6 is 11.3 Å². The largest absolute Gasteiger partial charge is 0.462 e. The average molecular weight is 423 g/mol. The fraction of sp³-hybridized carbons (Fsp3) is 0.368. The summed E-state index contributed by atoms with van der Waals surface area (Å²) in [5.74, 6) is -0.506. The van der Waals surface area contributed by atoms with Crippen LogP contribution in [0.15, 0.2) is 34.5 Å². The number of carbonyl (C=O) groups excluding carboxylic acids is 2. The van der Waals surface area contributed by atoms with Gasteiger partial charge in [0.25, 0.3) is 5.91 Å². The number of hydrogen-bond donors (Lipinski definition) is 1. The number of anilines is 1. The molecule has 1 aliphatic rings. The van der Waals surface area contributed by atoms with Gasteiger partial charge < -0.3 is 10.1 Å². The smallest absolute Gasteiger partial charge is 0.341 e. The van der Waals surface area contributed by atoms with E-state index in [-0.39, 0.29) is 11.5 Å². The van der Waals surface area contributed by atoms with Crippen molar-refractivity contribution in [3.8, 4) is 0 Å². The van der Waals surface area contributed by atoms with Crippen LogP contribution in [0.1, 0.15) is 52.0 Å². The van der Waals surface area contributed by atoms with Crippen molar-refractivity contribution in [2.75, 3.05) is 26.0 Å². The molecule has 0 radical (unpaired) electrons. The monoisotopic (exact) mass is 422 g/mol. The lowest BCUT2D eigenvalue weighted by Gasteiger charge is -2.12. The van der Waals surface area contributed by atoms with Crippen LogP contribution in [0, 0.1) is 0 Å². The molecule has 7 nitrogen and oxygen atoms in total. The van der Waals surface area contributed by atoms with Gasteiger partial charge in [0.05, 0.1) is 17.1 Å². The number of thiophene rings is 1. The SMILES string of the molecule is CCOC(=O)c1c(C2CC2)csc1NC(=O)c1ccc(S(=O)(=O)N(C)C)cc1. The Bertz CT molecular complexity index is 990. The van der Waals surface area contributed by atoms with Crippen molar-refractivity contribution in [1.82, 2.24) is 4.31 Å². The van der Waals surface area contributed by atoms with E-state index in [4.69, 9.17) is 4.74 Å². The fourth-order valence-corrected chi connectivity index (χ4v) is 4.66. The normalized spacial score (nSPS) is 14.1. The summed E-state index contributed by atoms with van der Waals surface area (Å²) in [5.41, 5.74) is 1.65. The maximum absolute atomic E-state index is 12.6. The fourth-order valence-electron chi connectivity index (χ4n) is 2.74. The molecule has 28 heavy (non-hydrogen) atoms. The summed E-state index contributed by atoms with van der Waals surface area (Å²) in [6.45, 7) is 2.00. The number of nitrogens with one attached hydrogen (secondary N) is 1. The number of sulfonamides is 1. The Morgan fingerprint density at radius 2 is 1.86 bits per heavy atom. The third-order valence-corrected chi connectivity index (χ3v) is 7.18. The lowest BCUT2D eigenvalue weighted by molar-refractivity contribution is 0.0527. The van der Waals surface area contributed by atoms with Gasteiger partial charge in [-0.05, 0) is 60.9 Å². The zero-order chi connectivity index (χ0) is 20.5. The number of carbonyl (C=O) groups is 2. The molecular weight excluding hydrogens is 400 g/mol. The Balaban J connectivity index is 1.83. The van der Waals surface area contributed by atoms with Crippen LogP contribution in [0.4, 0.5) is 5.00 Å². The molecule has 150 valence electrons. The molecule has 0 atom stereocenters. The Kier molecular flexibility index (Phi) is 5.87. The highest BCUT2D eigenvalue weighted by Crippen LogP contribution is 2.46. The maximum atomic E-state index is 12.6. The first kappa shape index (κ1) is 20.5. The first-order valence-electron chi connectivity index (χ1n) is 8.88. The minimum absolute atomic E-state index is 0.105. The number of benzene rings is 1. The molecule has 9 heteroatoms. The van der Waals surface area contributed by atoms with Crippen molar-refractivity contribution >= 4 is 38.2 Å². The minimum atomic E-state index is -3.56. The topological polar surface area (TPSA) is 92.8 Å². The number of rotatable bonds is 7. The van der Waals surface area contributed by atoms with E-state index in [1.54, 1.807) is 6.92 Å². The van der Waals surface area contributed by atoms with E-state index in [0.29, 0.717) is 22.0 Å². The molecule has 1 aromatic carbocycles. The highest BCUT2D eigenvalue weighted by Gasteiger charge is 2.32. The summed E-state index contributed by atoms with van der Waals surface area (Å²) < 4.78 is 30.5. The van der Waals surface area contributed by atoms with Gasteiger partial charge in [0.1, 0.15) is 5.00 Å². The van der Waals surface area contributed by atoms with Crippen molar-refractivity contribution in [3.05, 3.63) is 46.3 Å². The molecule has 2 aromatic rings. The lowest BCUT2D eigenvalue weighted by atomic mass is 10.1.